The Morgan fingerprint density at radius 3 is 2.11 bits per heavy atom. The quantitative estimate of drug-likeness (QED) is 0.382. The molecule has 0 aromatic heterocycles. The number of hydrogen-bond donors (Lipinski definition) is 4. The standard InChI is InChI=1S/C30H48O5/c1-25(2)12-14-30(24(34)35)15-13-27(5)17(18(30)16-25)8-9-20-28(27,6)11-10-19-26(3,4)22(32)21(31)23(33)29(19,20)7/h8,18-23,31-33H,9-16H2,1-7H3,(H,34,35)/t18?,19?,20?,21-,22+,23+,27-,28-,29+,30+/m1/s1. The van der Waals surface area contributed by atoms with Crippen molar-refractivity contribution in [3.8, 4) is 0 Å². The van der Waals surface area contributed by atoms with Gasteiger partial charge in [-0.05, 0) is 90.8 Å². The molecule has 4 saturated carbocycles. The van der Waals surface area contributed by atoms with Gasteiger partial charge in [0.25, 0.3) is 0 Å². The summed E-state index contributed by atoms with van der Waals surface area (Å²) in [7, 11) is 0. The first-order chi connectivity index (χ1) is 16.0. The molecule has 5 rings (SSSR count). The summed E-state index contributed by atoms with van der Waals surface area (Å²) >= 11 is 0. The molecule has 0 saturated heterocycles. The Hall–Kier alpha value is -0.910. The SMILES string of the molecule is CC1(C)CC[C@]2(C(=O)O)CC[C@]3(C)C(=CCC4[C@]5(C)C(CC[C@]43C)C(C)(C)[C@@H](O)[C@@H](O)[C@@H]5O)C2C1. The number of aliphatic hydroxyl groups is 3. The fourth-order valence-corrected chi connectivity index (χ4v) is 10.7. The normalized spacial score (nSPS) is 54.4. The summed E-state index contributed by atoms with van der Waals surface area (Å²) in [4.78, 5) is 12.8. The van der Waals surface area contributed by atoms with Gasteiger partial charge in [-0.2, -0.15) is 0 Å². The maximum Gasteiger partial charge on any atom is 0.310 e. The van der Waals surface area contributed by atoms with Crippen molar-refractivity contribution in [3.05, 3.63) is 11.6 Å². The molecule has 5 heteroatoms. The number of carbonyl (C=O) groups is 1. The van der Waals surface area contributed by atoms with Crippen molar-refractivity contribution in [1.82, 2.24) is 0 Å². The summed E-state index contributed by atoms with van der Waals surface area (Å²) in [5.74, 6) is -0.292. The third-order valence-corrected chi connectivity index (χ3v) is 13.2. The van der Waals surface area contributed by atoms with Gasteiger partial charge in [-0.25, -0.2) is 0 Å². The lowest BCUT2D eigenvalue weighted by atomic mass is 9.33. The van der Waals surface area contributed by atoms with E-state index in [2.05, 4.69) is 54.5 Å². The molecule has 4 fully saturated rings. The molecule has 0 aromatic rings. The van der Waals surface area contributed by atoms with Crippen molar-refractivity contribution in [2.24, 2.45) is 50.2 Å². The number of hydrogen-bond acceptors (Lipinski definition) is 4. The van der Waals surface area contributed by atoms with Crippen LogP contribution in [0.1, 0.15) is 99.8 Å². The minimum absolute atomic E-state index is 0.0611. The summed E-state index contributed by atoms with van der Waals surface area (Å²) in [6, 6.07) is 0. The van der Waals surface area contributed by atoms with Crippen LogP contribution in [-0.2, 0) is 4.79 Å². The number of allylic oxidation sites excluding steroid dienone is 2. The van der Waals surface area contributed by atoms with E-state index in [0.29, 0.717) is 0 Å². The molecule has 0 amide bonds. The number of fused-ring (bicyclic) bond motifs is 7. The van der Waals surface area contributed by atoms with E-state index in [4.69, 9.17) is 0 Å². The average molecular weight is 489 g/mol. The number of aliphatic carboxylic acids is 1. The Labute approximate surface area is 211 Å². The highest BCUT2D eigenvalue weighted by molar-refractivity contribution is 5.76. The second kappa shape index (κ2) is 7.35. The van der Waals surface area contributed by atoms with Gasteiger partial charge in [0.05, 0.1) is 17.6 Å². The molecular weight excluding hydrogens is 440 g/mol. The zero-order chi connectivity index (χ0) is 26.0. The fourth-order valence-electron chi connectivity index (χ4n) is 10.7. The summed E-state index contributed by atoms with van der Waals surface area (Å²) in [6.07, 6.45) is 6.22. The van der Waals surface area contributed by atoms with Crippen molar-refractivity contribution in [2.45, 2.75) is 118 Å². The maximum absolute atomic E-state index is 12.8. The van der Waals surface area contributed by atoms with Crippen LogP contribution in [-0.4, -0.2) is 44.7 Å². The molecular formula is C30H48O5. The molecule has 0 heterocycles. The van der Waals surface area contributed by atoms with Crippen molar-refractivity contribution in [3.63, 3.8) is 0 Å². The molecule has 0 spiro atoms. The van der Waals surface area contributed by atoms with E-state index < -0.39 is 40.5 Å². The second-order valence-corrected chi connectivity index (χ2v) is 15.2. The fraction of sp³-hybridized carbons (Fsp3) is 0.900. The van der Waals surface area contributed by atoms with E-state index in [1.807, 2.05) is 0 Å². The smallest absolute Gasteiger partial charge is 0.310 e. The van der Waals surface area contributed by atoms with Gasteiger partial charge in [0.2, 0.25) is 0 Å². The number of carboxylic acid groups (broad SMARTS) is 1. The first kappa shape index (κ1) is 25.7. The minimum atomic E-state index is -1.16. The highest BCUT2D eigenvalue weighted by Crippen LogP contribution is 2.75. The van der Waals surface area contributed by atoms with Gasteiger partial charge in [0.15, 0.2) is 0 Å². The molecule has 10 atom stereocenters. The average Bonchev–Trinajstić information content (AvgIpc) is 2.76. The predicted molar refractivity (Wildman–Crippen MR) is 135 cm³/mol. The third kappa shape index (κ3) is 2.95. The van der Waals surface area contributed by atoms with Gasteiger partial charge in [-0.15, -0.1) is 0 Å². The molecule has 3 unspecified atom stereocenters. The van der Waals surface area contributed by atoms with Crippen molar-refractivity contribution < 1.29 is 25.2 Å². The molecule has 4 N–H and O–H groups in total. The maximum atomic E-state index is 12.8. The highest BCUT2D eigenvalue weighted by Gasteiger charge is 2.72. The van der Waals surface area contributed by atoms with Gasteiger partial charge < -0.3 is 20.4 Å². The van der Waals surface area contributed by atoms with Gasteiger partial charge in [0, 0.05) is 5.41 Å². The van der Waals surface area contributed by atoms with Crippen molar-refractivity contribution in [1.29, 1.82) is 0 Å². The van der Waals surface area contributed by atoms with Crippen LogP contribution < -0.4 is 0 Å². The molecule has 0 radical (unpaired) electrons. The van der Waals surface area contributed by atoms with Crippen LogP contribution in [0, 0.1) is 50.2 Å². The summed E-state index contributed by atoms with van der Waals surface area (Å²) < 4.78 is 0. The van der Waals surface area contributed by atoms with Crippen LogP contribution in [0.25, 0.3) is 0 Å². The van der Waals surface area contributed by atoms with Crippen molar-refractivity contribution in [2.75, 3.05) is 0 Å². The Balaban J connectivity index is 1.63. The van der Waals surface area contributed by atoms with Gasteiger partial charge in [0.1, 0.15) is 6.10 Å². The Morgan fingerprint density at radius 1 is 0.857 bits per heavy atom. The topological polar surface area (TPSA) is 98.0 Å². The van der Waals surface area contributed by atoms with Gasteiger partial charge in [-0.3, -0.25) is 4.79 Å². The van der Waals surface area contributed by atoms with Crippen LogP contribution in [0.4, 0.5) is 0 Å². The summed E-state index contributed by atoms with van der Waals surface area (Å²) in [6.45, 7) is 15.6. The number of rotatable bonds is 1. The number of aliphatic hydroxyl groups excluding tert-OH is 3. The zero-order valence-corrected chi connectivity index (χ0v) is 22.9. The van der Waals surface area contributed by atoms with E-state index in [1.165, 1.54) is 5.57 Å². The lowest BCUT2D eigenvalue weighted by Crippen LogP contribution is -2.72. The van der Waals surface area contributed by atoms with Crippen LogP contribution >= 0.6 is 0 Å². The second-order valence-electron chi connectivity index (χ2n) is 15.2. The molecule has 0 bridgehead atoms. The molecule has 5 aliphatic carbocycles. The molecule has 5 nitrogen and oxygen atoms in total. The predicted octanol–water partition coefficient (Wildman–Crippen LogP) is 5.18. The lowest BCUT2D eigenvalue weighted by Gasteiger charge is -2.72. The highest BCUT2D eigenvalue weighted by atomic mass is 16.4. The minimum Gasteiger partial charge on any atom is -0.481 e. The van der Waals surface area contributed by atoms with E-state index >= 15 is 0 Å². The van der Waals surface area contributed by atoms with Crippen molar-refractivity contribution >= 4 is 5.97 Å². The Kier molecular flexibility index (Phi) is 5.40. The monoisotopic (exact) mass is 488 g/mol. The van der Waals surface area contributed by atoms with Crippen LogP contribution in [0.2, 0.25) is 0 Å². The first-order valence-corrected chi connectivity index (χ1v) is 14.0. The lowest BCUT2D eigenvalue weighted by molar-refractivity contribution is -0.278. The Bertz CT molecular complexity index is 952. The molecule has 0 aliphatic heterocycles. The Morgan fingerprint density at radius 2 is 1.49 bits per heavy atom. The molecule has 5 aliphatic rings. The van der Waals surface area contributed by atoms with E-state index in [0.717, 1.165) is 51.4 Å². The first-order valence-electron chi connectivity index (χ1n) is 14.0. The zero-order valence-electron chi connectivity index (χ0n) is 22.9. The van der Waals surface area contributed by atoms with Crippen LogP contribution in [0.3, 0.4) is 0 Å². The summed E-state index contributed by atoms with van der Waals surface area (Å²) in [5, 5.41) is 43.9. The largest absolute Gasteiger partial charge is 0.481 e. The van der Waals surface area contributed by atoms with E-state index in [9.17, 15) is 25.2 Å². The third-order valence-electron chi connectivity index (χ3n) is 13.2. The molecule has 198 valence electrons. The number of carboxylic acids is 1. The van der Waals surface area contributed by atoms with Crippen LogP contribution in [0.15, 0.2) is 11.6 Å². The van der Waals surface area contributed by atoms with E-state index in [-0.39, 0.29) is 34.0 Å². The molecule has 35 heavy (non-hydrogen) atoms. The summed E-state index contributed by atoms with van der Waals surface area (Å²) in [5.41, 5.74) is -0.402. The van der Waals surface area contributed by atoms with E-state index in [1.54, 1.807) is 0 Å². The van der Waals surface area contributed by atoms with Crippen LogP contribution in [0.5, 0.6) is 0 Å². The molecule has 0 aromatic carbocycles. The van der Waals surface area contributed by atoms with Gasteiger partial charge in [-0.1, -0.05) is 60.1 Å². The van der Waals surface area contributed by atoms with Gasteiger partial charge >= 0.3 is 5.97 Å².